The first kappa shape index (κ1) is 11.3. The number of aryl methyl sites for hydroxylation is 1. The van der Waals surface area contributed by atoms with Gasteiger partial charge >= 0.3 is 0 Å². The van der Waals surface area contributed by atoms with Crippen molar-refractivity contribution in [3.05, 3.63) is 41.8 Å². The molecule has 0 heterocycles. The van der Waals surface area contributed by atoms with Gasteiger partial charge in [-0.15, -0.1) is 0 Å². The molecule has 0 spiro atoms. The molecule has 0 amide bonds. The normalized spacial score (nSPS) is 10.4. The third-order valence-corrected chi connectivity index (χ3v) is 2.61. The molecule has 0 nitrogen and oxygen atoms in total. The molecule has 0 heteroatoms. The van der Waals surface area contributed by atoms with Gasteiger partial charge in [-0.2, -0.15) is 0 Å². The summed E-state index contributed by atoms with van der Waals surface area (Å²) in [5.41, 5.74) is 2.80. The van der Waals surface area contributed by atoms with Crippen LogP contribution in [0.1, 0.15) is 50.2 Å². The predicted molar refractivity (Wildman–Crippen MR) is 63.3 cm³/mol. The average Bonchev–Trinajstić information content (AvgIpc) is 2.20. The summed E-state index contributed by atoms with van der Waals surface area (Å²) in [5.74, 6) is 0. The van der Waals surface area contributed by atoms with E-state index in [1.54, 1.807) is 0 Å². The van der Waals surface area contributed by atoms with E-state index in [0.717, 1.165) is 0 Å². The summed E-state index contributed by atoms with van der Waals surface area (Å²) in [7, 11) is 0. The van der Waals surface area contributed by atoms with E-state index < -0.39 is 0 Å². The summed E-state index contributed by atoms with van der Waals surface area (Å²) in [5, 5.41) is 0. The van der Waals surface area contributed by atoms with Crippen molar-refractivity contribution in [3.8, 4) is 0 Å². The van der Waals surface area contributed by atoms with Crippen LogP contribution in [0.15, 0.2) is 24.3 Å². The number of rotatable bonds is 6. The Morgan fingerprint density at radius 3 is 2.57 bits per heavy atom. The SMILES string of the molecule is CCCCCC[CH]c1ccccc1C. The van der Waals surface area contributed by atoms with E-state index in [9.17, 15) is 0 Å². The summed E-state index contributed by atoms with van der Waals surface area (Å²) in [6.45, 7) is 4.43. The van der Waals surface area contributed by atoms with Crippen LogP contribution in [-0.4, -0.2) is 0 Å². The largest absolute Gasteiger partial charge is 0.0654 e. The van der Waals surface area contributed by atoms with Gasteiger partial charge in [0.15, 0.2) is 0 Å². The molecule has 0 bridgehead atoms. The molecule has 77 valence electrons. The van der Waals surface area contributed by atoms with Gasteiger partial charge in [0.05, 0.1) is 0 Å². The molecule has 0 N–H and O–H groups in total. The Morgan fingerprint density at radius 1 is 1.07 bits per heavy atom. The number of unbranched alkanes of at least 4 members (excludes halogenated alkanes) is 4. The zero-order valence-corrected chi connectivity index (χ0v) is 9.42. The topological polar surface area (TPSA) is 0 Å². The Labute approximate surface area is 88.4 Å². The smallest absolute Gasteiger partial charge is 0.00904 e. The third-order valence-electron chi connectivity index (χ3n) is 2.61. The van der Waals surface area contributed by atoms with Crippen molar-refractivity contribution in [3.63, 3.8) is 0 Å². The first-order chi connectivity index (χ1) is 6.84. The van der Waals surface area contributed by atoms with Gasteiger partial charge in [-0.3, -0.25) is 0 Å². The van der Waals surface area contributed by atoms with Gasteiger partial charge in [-0.05, 0) is 30.9 Å². The fraction of sp³-hybridized carbons (Fsp3) is 0.500. The monoisotopic (exact) mass is 189 g/mol. The van der Waals surface area contributed by atoms with Crippen molar-refractivity contribution in [2.45, 2.75) is 46.0 Å². The quantitative estimate of drug-likeness (QED) is 0.577. The van der Waals surface area contributed by atoms with Crippen molar-refractivity contribution in [1.29, 1.82) is 0 Å². The molecule has 0 aromatic heterocycles. The van der Waals surface area contributed by atoms with Gasteiger partial charge in [0, 0.05) is 0 Å². The van der Waals surface area contributed by atoms with E-state index in [2.05, 4.69) is 44.5 Å². The molecule has 1 radical (unpaired) electrons. The summed E-state index contributed by atoms with van der Waals surface area (Å²) in [6.07, 6.45) is 9.00. The van der Waals surface area contributed by atoms with Crippen molar-refractivity contribution in [2.24, 2.45) is 0 Å². The predicted octanol–water partition coefficient (Wildman–Crippen LogP) is 4.52. The molecular weight excluding hydrogens is 168 g/mol. The van der Waals surface area contributed by atoms with E-state index in [4.69, 9.17) is 0 Å². The second kappa shape index (κ2) is 6.64. The second-order valence-electron chi connectivity index (χ2n) is 3.91. The highest BCUT2D eigenvalue weighted by atomic mass is 14.0. The van der Waals surface area contributed by atoms with Crippen LogP contribution >= 0.6 is 0 Å². The molecule has 1 aromatic rings. The van der Waals surface area contributed by atoms with Crippen LogP contribution in [0.25, 0.3) is 0 Å². The Bertz CT molecular complexity index is 250. The standard InChI is InChI=1S/C14H21/c1-3-4-5-6-7-11-14-12-9-8-10-13(14)2/h8-12H,3-7H2,1-2H3. The molecule has 0 aliphatic carbocycles. The van der Waals surface area contributed by atoms with Crippen molar-refractivity contribution in [2.75, 3.05) is 0 Å². The van der Waals surface area contributed by atoms with Crippen molar-refractivity contribution < 1.29 is 0 Å². The van der Waals surface area contributed by atoms with Gasteiger partial charge in [-0.1, -0.05) is 56.9 Å². The lowest BCUT2D eigenvalue weighted by Crippen LogP contribution is -1.86. The highest BCUT2D eigenvalue weighted by molar-refractivity contribution is 5.31. The highest BCUT2D eigenvalue weighted by Crippen LogP contribution is 2.14. The van der Waals surface area contributed by atoms with Crippen LogP contribution in [0.5, 0.6) is 0 Å². The lowest BCUT2D eigenvalue weighted by atomic mass is 10.0. The lowest BCUT2D eigenvalue weighted by Gasteiger charge is -2.04. The minimum atomic E-state index is 1.23. The summed E-state index contributed by atoms with van der Waals surface area (Å²) in [4.78, 5) is 0. The first-order valence-electron chi connectivity index (χ1n) is 5.73. The molecule has 1 rings (SSSR count). The number of benzene rings is 1. The van der Waals surface area contributed by atoms with Crippen LogP contribution in [-0.2, 0) is 0 Å². The molecule has 0 saturated carbocycles. The Balaban J connectivity index is 2.21. The van der Waals surface area contributed by atoms with E-state index in [0.29, 0.717) is 0 Å². The Hall–Kier alpha value is -0.780. The molecule has 1 aromatic carbocycles. The molecule has 0 aliphatic heterocycles. The minimum absolute atomic E-state index is 1.23. The van der Waals surface area contributed by atoms with E-state index in [1.807, 2.05) is 0 Å². The molecule has 0 fully saturated rings. The summed E-state index contributed by atoms with van der Waals surface area (Å²) in [6, 6.07) is 8.60. The summed E-state index contributed by atoms with van der Waals surface area (Å²) >= 11 is 0. The molecular formula is C14H21. The van der Waals surface area contributed by atoms with Gasteiger partial charge in [0.2, 0.25) is 0 Å². The van der Waals surface area contributed by atoms with Crippen molar-refractivity contribution in [1.82, 2.24) is 0 Å². The van der Waals surface area contributed by atoms with Crippen LogP contribution in [0.2, 0.25) is 0 Å². The van der Waals surface area contributed by atoms with E-state index in [1.165, 1.54) is 43.2 Å². The number of hydrogen-bond donors (Lipinski definition) is 0. The van der Waals surface area contributed by atoms with Crippen LogP contribution in [0.3, 0.4) is 0 Å². The maximum absolute atomic E-state index is 2.37. The Morgan fingerprint density at radius 2 is 1.86 bits per heavy atom. The maximum atomic E-state index is 2.37. The van der Waals surface area contributed by atoms with Gasteiger partial charge in [0.1, 0.15) is 0 Å². The molecule has 0 unspecified atom stereocenters. The van der Waals surface area contributed by atoms with Crippen LogP contribution in [0.4, 0.5) is 0 Å². The maximum Gasteiger partial charge on any atom is -0.00904 e. The zero-order chi connectivity index (χ0) is 10.2. The van der Waals surface area contributed by atoms with Crippen molar-refractivity contribution >= 4 is 0 Å². The molecule has 0 aliphatic rings. The van der Waals surface area contributed by atoms with Crippen LogP contribution in [0, 0.1) is 13.3 Å². The molecule has 0 saturated heterocycles. The van der Waals surface area contributed by atoms with Gasteiger partial charge in [-0.25, -0.2) is 0 Å². The molecule has 0 atom stereocenters. The van der Waals surface area contributed by atoms with E-state index >= 15 is 0 Å². The fourth-order valence-electron chi connectivity index (χ4n) is 1.64. The lowest BCUT2D eigenvalue weighted by molar-refractivity contribution is 0.665. The number of hydrogen-bond acceptors (Lipinski definition) is 0. The summed E-state index contributed by atoms with van der Waals surface area (Å²) < 4.78 is 0. The average molecular weight is 189 g/mol. The fourth-order valence-corrected chi connectivity index (χ4v) is 1.64. The van der Waals surface area contributed by atoms with Gasteiger partial charge in [0.25, 0.3) is 0 Å². The van der Waals surface area contributed by atoms with Gasteiger partial charge < -0.3 is 0 Å². The van der Waals surface area contributed by atoms with Crippen LogP contribution < -0.4 is 0 Å². The van der Waals surface area contributed by atoms with E-state index in [-0.39, 0.29) is 0 Å². The second-order valence-corrected chi connectivity index (χ2v) is 3.91. The third kappa shape index (κ3) is 3.95. The highest BCUT2D eigenvalue weighted by Gasteiger charge is 1.96. The minimum Gasteiger partial charge on any atom is -0.0654 e. The Kier molecular flexibility index (Phi) is 5.36. The molecule has 14 heavy (non-hydrogen) atoms. The zero-order valence-electron chi connectivity index (χ0n) is 9.42. The first-order valence-corrected chi connectivity index (χ1v) is 5.73.